The zero-order valence-electron chi connectivity index (χ0n) is 14.0. The molecule has 0 aliphatic carbocycles. The molecule has 0 aliphatic heterocycles. The van der Waals surface area contributed by atoms with E-state index in [0.717, 1.165) is 19.5 Å². The van der Waals surface area contributed by atoms with E-state index >= 15 is 0 Å². The lowest BCUT2D eigenvalue weighted by Crippen LogP contribution is -2.50. The minimum absolute atomic E-state index is 0.286. The molecule has 0 saturated heterocycles. The van der Waals surface area contributed by atoms with Crippen molar-refractivity contribution < 1.29 is 15.2 Å². The quantitative estimate of drug-likeness (QED) is 0.212. The van der Waals surface area contributed by atoms with Crippen molar-refractivity contribution in [2.24, 2.45) is 10.3 Å². The zero-order chi connectivity index (χ0) is 16.5. The van der Waals surface area contributed by atoms with Gasteiger partial charge in [-0.1, -0.05) is 10.3 Å². The number of hydrogen-bond acceptors (Lipinski definition) is 7. The molecule has 0 amide bonds. The van der Waals surface area contributed by atoms with Gasteiger partial charge in [0.1, 0.15) is 5.71 Å². The molecule has 0 atom stereocenters. The van der Waals surface area contributed by atoms with Gasteiger partial charge in [0.2, 0.25) is 0 Å². The molecule has 0 unspecified atom stereocenters. The predicted molar refractivity (Wildman–Crippen MR) is 84.8 cm³/mol. The van der Waals surface area contributed by atoms with E-state index < -0.39 is 5.54 Å². The van der Waals surface area contributed by atoms with Crippen molar-refractivity contribution in [1.29, 1.82) is 0 Å². The maximum atomic E-state index is 9.01. The topological polar surface area (TPSA) is 98.5 Å². The van der Waals surface area contributed by atoms with Crippen LogP contribution in [-0.2, 0) is 4.74 Å². The van der Waals surface area contributed by atoms with E-state index in [1.165, 1.54) is 0 Å². The number of rotatable bonds is 10. The fourth-order valence-electron chi connectivity index (χ4n) is 1.72. The standard InChI is InChI=1S/C14H30N4O3/c1-11(17-19)13(2,3)15-8-7-9-16-14(4,5)12(18-20)10-21-6/h15-16,19-20H,7-10H2,1-6H3/b17-11+,18-12+. The maximum absolute atomic E-state index is 9.01. The van der Waals surface area contributed by atoms with Gasteiger partial charge in [-0.05, 0) is 54.1 Å². The van der Waals surface area contributed by atoms with Crippen LogP contribution >= 0.6 is 0 Å². The van der Waals surface area contributed by atoms with Gasteiger partial charge in [0.15, 0.2) is 0 Å². The molecule has 7 heteroatoms. The zero-order valence-corrected chi connectivity index (χ0v) is 14.0. The minimum Gasteiger partial charge on any atom is -0.411 e. The Morgan fingerprint density at radius 3 is 1.95 bits per heavy atom. The number of ether oxygens (including phenoxy) is 1. The van der Waals surface area contributed by atoms with E-state index in [1.807, 2.05) is 27.7 Å². The van der Waals surface area contributed by atoms with Gasteiger partial charge in [0.05, 0.1) is 23.4 Å². The summed E-state index contributed by atoms with van der Waals surface area (Å²) >= 11 is 0. The molecule has 21 heavy (non-hydrogen) atoms. The maximum Gasteiger partial charge on any atom is 0.102 e. The third-order valence-corrected chi connectivity index (χ3v) is 3.67. The Morgan fingerprint density at radius 1 is 1.00 bits per heavy atom. The van der Waals surface area contributed by atoms with Crippen molar-refractivity contribution in [2.45, 2.75) is 52.1 Å². The first-order valence-corrected chi connectivity index (χ1v) is 7.10. The second-order valence-corrected chi connectivity index (χ2v) is 6.12. The molecule has 0 heterocycles. The summed E-state index contributed by atoms with van der Waals surface area (Å²) < 4.78 is 5.01. The Labute approximate surface area is 127 Å². The van der Waals surface area contributed by atoms with Crippen molar-refractivity contribution in [3.05, 3.63) is 0 Å². The smallest absolute Gasteiger partial charge is 0.102 e. The molecule has 7 nitrogen and oxygen atoms in total. The van der Waals surface area contributed by atoms with Gasteiger partial charge in [0, 0.05) is 7.11 Å². The highest BCUT2D eigenvalue weighted by Crippen LogP contribution is 2.07. The molecule has 0 aromatic carbocycles. The molecular formula is C14H30N4O3. The Balaban J connectivity index is 4.16. The number of nitrogens with one attached hydrogen (secondary N) is 2. The molecule has 4 N–H and O–H groups in total. The third kappa shape index (κ3) is 6.88. The molecular weight excluding hydrogens is 272 g/mol. The molecule has 0 bridgehead atoms. The number of nitrogens with zero attached hydrogens (tertiary/aromatic N) is 2. The highest BCUT2D eigenvalue weighted by molar-refractivity contribution is 5.93. The van der Waals surface area contributed by atoms with Crippen LogP contribution in [0.1, 0.15) is 41.0 Å². The highest BCUT2D eigenvalue weighted by Gasteiger charge is 2.25. The highest BCUT2D eigenvalue weighted by atomic mass is 16.5. The van der Waals surface area contributed by atoms with Crippen molar-refractivity contribution in [2.75, 3.05) is 26.8 Å². The van der Waals surface area contributed by atoms with Gasteiger partial charge >= 0.3 is 0 Å². The molecule has 0 aliphatic rings. The lowest BCUT2D eigenvalue weighted by atomic mass is 9.98. The summed E-state index contributed by atoms with van der Waals surface area (Å²) in [6, 6.07) is 0. The van der Waals surface area contributed by atoms with Gasteiger partial charge in [-0.2, -0.15) is 0 Å². The first-order valence-electron chi connectivity index (χ1n) is 7.10. The Hall–Kier alpha value is -1.18. The van der Waals surface area contributed by atoms with Crippen molar-refractivity contribution in [1.82, 2.24) is 10.6 Å². The lowest BCUT2D eigenvalue weighted by molar-refractivity contribution is 0.227. The number of oxime groups is 2. The van der Waals surface area contributed by atoms with Crippen LogP contribution in [0.3, 0.4) is 0 Å². The molecule has 124 valence electrons. The van der Waals surface area contributed by atoms with Gasteiger partial charge in [-0.15, -0.1) is 0 Å². The van der Waals surface area contributed by atoms with Gasteiger partial charge in [0.25, 0.3) is 0 Å². The van der Waals surface area contributed by atoms with E-state index in [2.05, 4.69) is 20.9 Å². The number of methoxy groups -OCH3 is 1. The van der Waals surface area contributed by atoms with Crippen LogP contribution in [0.2, 0.25) is 0 Å². The number of hydrogen-bond donors (Lipinski definition) is 4. The Kier molecular flexibility index (Phi) is 8.46. The normalized spacial score (nSPS) is 14.6. The summed E-state index contributed by atoms with van der Waals surface area (Å²) in [7, 11) is 1.57. The van der Waals surface area contributed by atoms with Crippen LogP contribution < -0.4 is 10.6 Å². The van der Waals surface area contributed by atoms with Crippen LogP contribution in [0.4, 0.5) is 0 Å². The summed E-state index contributed by atoms with van der Waals surface area (Å²) in [5.41, 5.74) is 0.438. The average molecular weight is 302 g/mol. The van der Waals surface area contributed by atoms with Crippen molar-refractivity contribution >= 4 is 11.4 Å². The van der Waals surface area contributed by atoms with Gasteiger partial charge < -0.3 is 25.8 Å². The summed E-state index contributed by atoms with van der Waals surface area (Å²) in [4.78, 5) is 0. The second-order valence-electron chi connectivity index (χ2n) is 6.12. The average Bonchev–Trinajstić information content (AvgIpc) is 2.42. The van der Waals surface area contributed by atoms with Crippen LogP contribution in [0, 0.1) is 0 Å². The summed E-state index contributed by atoms with van der Waals surface area (Å²) in [6.07, 6.45) is 0.886. The molecule has 0 aromatic heterocycles. The third-order valence-electron chi connectivity index (χ3n) is 3.67. The van der Waals surface area contributed by atoms with Crippen LogP contribution in [0.25, 0.3) is 0 Å². The first-order chi connectivity index (χ1) is 9.71. The largest absolute Gasteiger partial charge is 0.411 e. The van der Waals surface area contributed by atoms with Crippen molar-refractivity contribution in [3.8, 4) is 0 Å². The SMILES string of the molecule is COC/C(=N\O)C(C)(C)NCCCNC(C)(C)/C(C)=N/O. The van der Waals surface area contributed by atoms with E-state index in [0.29, 0.717) is 11.4 Å². The van der Waals surface area contributed by atoms with Crippen LogP contribution in [0.5, 0.6) is 0 Å². The van der Waals surface area contributed by atoms with E-state index in [9.17, 15) is 0 Å². The van der Waals surface area contributed by atoms with Crippen LogP contribution in [-0.4, -0.2) is 59.7 Å². The molecule has 0 spiro atoms. The van der Waals surface area contributed by atoms with Crippen LogP contribution in [0.15, 0.2) is 10.3 Å². The molecule has 0 aromatic rings. The molecule has 0 rings (SSSR count). The lowest BCUT2D eigenvalue weighted by Gasteiger charge is -2.28. The Morgan fingerprint density at radius 2 is 1.52 bits per heavy atom. The monoisotopic (exact) mass is 302 g/mol. The van der Waals surface area contributed by atoms with Gasteiger partial charge in [-0.3, -0.25) is 0 Å². The molecule has 0 radical (unpaired) electrons. The first kappa shape index (κ1) is 19.8. The van der Waals surface area contributed by atoms with E-state index in [1.54, 1.807) is 14.0 Å². The summed E-state index contributed by atoms with van der Waals surface area (Å²) in [5.74, 6) is 0. The molecule has 0 saturated carbocycles. The summed E-state index contributed by atoms with van der Waals surface area (Å²) in [6.45, 7) is 11.4. The van der Waals surface area contributed by atoms with Gasteiger partial charge in [-0.25, -0.2) is 0 Å². The Bertz CT molecular complexity index is 365. The fraction of sp³-hybridized carbons (Fsp3) is 0.857. The summed E-state index contributed by atoms with van der Waals surface area (Å²) in [5, 5.41) is 31.0. The van der Waals surface area contributed by atoms with Crippen molar-refractivity contribution in [3.63, 3.8) is 0 Å². The van der Waals surface area contributed by atoms with E-state index in [4.69, 9.17) is 15.2 Å². The molecule has 0 fully saturated rings. The minimum atomic E-state index is -0.428. The van der Waals surface area contributed by atoms with E-state index in [-0.39, 0.29) is 12.1 Å². The predicted octanol–water partition coefficient (Wildman–Crippen LogP) is 1.44. The fourth-order valence-corrected chi connectivity index (χ4v) is 1.72. The second kappa shape index (κ2) is 8.96.